The molecule has 106 valence electrons. The molecule has 0 aliphatic carbocycles. The van der Waals surface area contributed by atoms with E-state index in [2.05, 4.69) is 5.32 Å². The number of benzene rings is 1. The molecule has 1 aromatic rings. The molecule has 0 bridgehead atoms. The van der Waals surface area contributed by atoms with Gasteiger partial charge in [-0.15, -0.1) is 0 Å². The SMILES string of the molecule is CC(Nc1ccc(N(C)C)cc1)C(=O)OC(C)(C)C. The molecule has 1 rings (SSSR count). The number of rotatable bonds is 4. The second kappa shape index (κ2) is 5.95. The summed E-state index contributed by atoms with van der Waals surface area (Å²) in [5.41, 5.74) is 1.57. The molecular formula is C15H24N2O2. The molecule has 4 nitrogen and oxygen atoms in total. The maximum absolute atomic E-state index is 11.8. The molecule has 0 amide bonds. The van der Waals surface area contributed by atoms with Crippen molar-refractivity contribution in [3.8, 4) is 0 Å². The van der Waals surface area contributed by atoms with Crippen LogP contribution < -0.4 is 10.2 Å². The highest BCUT2D eigenvalue weighted by atomic mass is 16.6. The van der Waals surface area contributed by atoms with Gasteiger partial charge in [-0.2, -0.15) is 0 Å². The predicted molar refractivity (Wildman–Crippen MR) is 79.7 cm³/mol. The molecule has 1 N–H and O–H groups in total. The number of hydrogen-bond donors (Lipinski definition) is 1. The van der Waals surface area contributed by atoms with Crippen LogP contribution >= 0.6 is 0 Å². The Morgan fingerprint density at radius 3 is 2.16 bits per heavy atom. The second-order valence-corrected chi connectivity index (χ2v) is 5.84. The minimum absolute atomic E-state index is 0.246. The van der Waals surface area contributed by atoms with Crippen molar-refractivity contribution in [2.45, 2.75) is 39.3 Å². The fourth-order valence-electron chi connectivity index (χ4n) is 1.55. The zero-order valence-corrected chi connectivity index (χ0v) is 12.7. The molecule has 1 aromatic carbocycles. The number of carbonyl (C=O) groups excluding carboxylic acids is 1. The lowest BCUT2D eigenvalue weighted by molar-refractivity contribution is -0.155. The van der Waals surface area contributed by atoms with Gasteiger partial charge in [-0.05, 0) is 52.0 Å². The molecule has 19 heavy (non-hydrogen) atoms. The van der Waals surface area contributed by atoms with Crippen molar-refractivity contribution in [2.75, 3.05) is 24.3 Å². The highest BCUT2D eigenvalue weighted by molar-refractivity contribution is 5.79. The minimum atomic E-state index is -0.457. The number of carbonyl (C=O) groups is 1. The summed E-state index contributed by atoms with van der Waals surface area (Å²) in [4.78, 5) is 13.9. The number of anilines is 2. The first-order valence-electron chi connectivity index (χ1n) is 6.46. The lowest BCUT2D eigenvalue weighted by atomic mass is 10.2. The third-order valence-corrected chi connectivity index (χ3v) is 2.53. The van der Waals surface area contributed by atoms with Crippen molar-refractivity contribution in [3.63, 3.8) is 0 Å². The van der Waals surface area contributed by atoms with Gasteiger partial charge in [0.25, 0.3) is 0 Å². The molecule has 0 fully saturated rings. The summed E-state index contributed by atoms with van der Waals surface area (Å²) < 4.78 is 5.32. The van der Waals surface area contributed by atoms with Crippen LogP contribution in [0.4, 0.5) is 11.4 Å². The van der Waals surface area contributed by atoms with E-state index >= 15 is 0 Å². The van der Waals surface area contributed by atoms with E-state index in [0.717, 1.165) is 11.4 Å². The summed E-state index contributed by atoms with van der Waals surface area (Å²) >= 11 is 0. The molecule has 0 heterocycles. The van der Waals surface area contributed by atoms with Gasteiger partial charge < -0.3 is 15.0 Å². The van der Waals surface area contributed by atoms with Gasteiger partial charge in [0.1, 0.15) is 11.6 Å². The monoisotopic (exact) mass is 264 g/mol. The van der Waals surface area contributed by atoms with E-state index in [1.54, 1.807) is 6.92 Å². The lowest BCUT2D eigenvalue weighted by Gasteiger charge is -2.23. The van der Waals surface area contributed by atoms with Gasteiger partial charge in [-0.25, -0.2) is 4.79 Å². The zero-order valence-electron chi connectivity index (χ0n) is 12.7. The van der Waals surface area contributed by atoms with Gasteiger partial charge in [0, 0.05) is 25.5 Å². The summed E-state index contributed by atoms with van der Waals surface area (Å²) in [6.45, 7) is 7.39. The molecule has 0 saturated heterocycles. The van der Waals surface area contributed by atoms with Gasteiger partial charge in [-0.3, -0.25) is 0 Å². The number of ether oxygens (including phenoxy) is 1. The summed E-state index contributed by atoms with van der Waals surface area (Å²) in [5, 5.41) is 3.14. The number of hydrogen-bond acceptors (Lipinski definition) is 4. The quantitative estimate of drug-likeness (QED) is 0.849. The molecule has 0 spiro atoms. The third-order valence-electron chi connectivity index (χ3n) is 2.53. The third kappa shape index (κ3) is 5.20. The van der Waals surface area contributed by atoms with Gasteiger partial charge in [0.05, 0.1) is 0 Å². The Balaban J connectivity index is 2.61. The van der Waals surface area contributed by atoms with Crippen LogP contribution in [0.15, 0.2) is 24.3 Å². The average molecular weight is 264 g/mol. The van der Waals surface area contributed by atoms with Gasteiger partial charge in [0.15, 0.2) is 0 Å². The van der Waals surface area contributed by atoms with Crippen LogP contribution in [0.25, 0.3) is 0 Å². The maximum Gasteiger partial charge on any atom is 0.328 e. The smallest absolute Gasteiger partial charge is 0.328 e. The standard InChI is InChI=1S/C15H24N2O2/c1-11(14(18)19-15(2,3)4)16-12-7-9-13(10-8-12)17(5)6/h7-11,16H,1-6H3. The Morgan fingerprint density at radius 2 is 1.74 bits per heavy atom. The molecule has 0 radical (unpaired) electrons. The van der Waals surface area contributed by atoms with Gasteiger partial charge >= 0.3 is 5.97 Å². The summed E-state index contributed by atoms with van der Waals surface area (Å²) in [6, 6.07) is 7.55. The Bertz CT molecular complexity index is 419. The molecule has 0 aliphatic rings. The van der Waals surface area contributed by atoms with Crippen LogP contribution in [-0.2, 0) is 9.53 Å². The summed E-state index contributed by atoms with van der Waals surface area (Å²) in [6.07, 6.45) is 0. The van der Waals surface area contributed by atoms with E-state index in [1.807, 2.05) is 64.0 Å². The highest BCUT2D eigenvalue weighted by Crippen LogP contribution is 2.17. The molecular weight excluding hydrogens is 240 g/mol. The normalized spacial score (nSPS) is 12.7. The van der Waals surface area contributed by atoms with Crippen molar-refractivity contribution in [3.05, 3.63) is 24.3 Å². The molecule has 1 unspecified atom stereocenters. The van der Waals surface area contributed by atoms with Gasteiger partial charge in [0.2, 0.25) is 0 Å². The Hall–Kier alpha value is -1.71. The van der Waals surface area contributed by atoms with E-state index in [1.165, 1.54) is 0 Å². The van der Waals surface area contributed by atoms with Crippen molar-refractivity contribution in [1.82, 2.24) is 0 Å². The van der Waals surface area contributed by atoms with E-state index in [-0.39, 0.29) is 12.0 Å². The molecule has 0 saturated carbocycles. The second-order valence-electron chi connectivity index (χ2n) is 5.84. The Labute approximate surface area is 115 Å². The Morgan fingerprint density at radius 1 is 1.21 bits per heavy atom. The van der Waals surface area contributed by atoms with Crippen molar-refractivity contribution in [2.24, 2.45) is 0 Å². The predicted octanol–water partition coefficient (Wildman–Crippen LogP) is 2.89. The number of esters is 1. The van der Waals surface area contributed by atoms with E-state index in [4.69, 9.17) is 4.74 Å². The van der Waals surface area contributed by atoms with Crippen LogP contribution in [0.3, 0.4) is 0 Å². The van der Waals surface area contributed by atoms with Crippen LogP contribution in [-0.4, -0.2) is 31.7 Å². The number of nitrogens with zero attached hydrogens (tertiary/aromatic N) is 1. The van der Waals surface area contributed by atoms with Crippen LogP contribution in [0.2, 0.25) is 0 Å². The number of nitrogens with one attached hydrogen (secondary N) is 1. The minimum Gasteiger partial charge on any atom is -0.458 e. The fourth-order valence-corrected chi connectivity index (χ4v) is 1.55. The summed E-state index contributed by atoms with van der Waals surface area (Å²) in [7, 11) is 3.98. The van der Waals surface area contributed by atoms with Crippen LogP contribution in [0.5, 0.6) is 0 Å². The molecule has 1 atom stereocenters. The van der Waals surface area contributed by atoms with Crippen LogP contribution in [0, 0.1) is 0 Å². The zero-order chi connectivity index (χ0) is 14.6. The Kier molecular flexibility index (Phi) is 4.81. The first-order chi connectivity index (χ1) is 8.69. The van der Waals surface area contributed by atoms with Gasteiger partial charge in [-0.1, -0.05) is 0 Å². The first-order valence-corrected chi connectivity index (χ1v) is 6.46. The van der Waals surface area contributed by atoms with E-state index < -0.39 is 5.60 Å². The molecule has 0 aliphatic heterocycles. The molecule has 4 heteroatoms. The largest absolute Gasteiger partial charge is 0.458 e. The van der Waals surface area contributed by atoms with Crippen molar-refractivity contribution in [1.29, 1.82) is 0 Å². The van der Waals surface area contributed by atoms with Crippen molar-refractivity contribution >= 4 is 17.3 Å². The first kappa shape index (κ1) is 15.3. The van der Waals surface area contributed by atoms with Crippen LogP contribution in [0.1, 0.15) is 27.7 Å². The maximum atomic E-state index is 11.8. The fraction of sp³-hybridized carbons (Fsp3) is 0.533. The summed E-state index contributed by atoms with van der Waals surface area (Å²) in [5.74, 6) is -0.246. The average Bonchev–Trinajstić information content (AvgIpc) is 2.27. The highest BCUT2D eigenvalue weighted by Gasteiger charge is 2.21. The van der Waals surface area contributed by atoms with E-state index in [0.29, 0.717) is 0 Å². The topological polar surface area (TPSA) is 41.6 Å². The lowest BCUT2D eigenvalue weighted by Crippen LogP contribution is -2.34. The molecule has 0 aromatic heterocycles. The van der Waals surface area contributed by atoms with Crippen molar-refractivity contribution < 1.29 is 9.53 Å². The van der Waals surface area contributed by atoms with E-state index in [9.17, 15) is 4.79 Å².